The molecule has 0 aliphatic rings. The Hall–Kier alpha value is -3.54. The van der Waals surface area contributed by atoms with Crippen molar-refractivity contribution >= 4 is 23.4 Å². The van der Waals surface area contributed by atoms with Crippen molar-refractivity contribution in [2.45, 2.75) is 18.4 Å². The first-order valence-corrected chi connectivity index (χ1v) is 9.87. The average Bonchev–Trinajstić information content (AvgIpc) is 3.11. The maximum atomic E-state index is 12.5. The number of halogens is 2. The van der Waals surface area contributed by atoms with Gasteiger partial charge < -0.3 is 25.4 Å². The van der Waals surface area contributed by atoms with E-state index >= 15 is 0 Å². The summed E-state index contributed by atoms with van der Waals surface area (Å²) in [7, 11) is 1.56. The summed E-state index contributed by atoms with van der Waals surface area (Å²) in [4.78, 5) is 12.2. The molecule has 0 saturated heterocycles. The molecule has 0 aliphatic heterocycles. The molecule has 0 atom stereocenters. The number of rotatable bonds is 10. The van der Waals surface area contributed by atoms with E-state index in [-0.39, 0.29) is 29.0 Å². The van der Waals surface area contributed by atoms with Crippen LogP contribution < -0.4 is 25.4 Å². The van der Waals surface area contributed by atoms with Gasteiger partial charge in [0.05, 0.1) is 18.6 Å². The SMILES string of the molecule is COc1cccc(OCc2nnc(SCC(=O)Nc3ccccc3OC(F)F)n2N)c1. The molecule has 0 bridgehead atoms. The number of alkyl halides is 2. The second-order valence-electron chi connectivity index (χ2n) is 5.95. The number of carbonyl (C=O) groups excluding carboxylic acids is 1. The maximum absolute atomic E-state index is 12.5. The lowest BCUT2D eigenvalue weighted by atomic mass is 10.3. The minimum absolute atomic E-state index is 0.0573. The first-order valence-electron chi connectivity index (χ1n) is 8.89. The number of nitrogens with zero attached hydrogens (tertiary/aromatic N) is 3. The van der Waals surface area contributed by atoms with E-state index in [0.717, 1.165) is 11.8 Å². The number of carbonyl (C=O) groups is 1. The van der Waals surface area contributed by atoms with E-state index in [2.05, 4.69) is 20.3 Å². The average molecular weight is 451 g/mol. The van der Waals surface area contributed by atoms with Gasteiger partial charge in [0, 0.05) is 6.07 Å². The largest absolute Gasteiger partial charge is 0.497 e. The third-order valence-electron chi connectivity index (χ3n) is 3.85. The highest BCUT2D eigenvalue weighted by atomic mass is 32.2. The number of anilines is 1. The van der Waals surface area contributed by atoms with Crippen molar-refractivity contribution in [2.24, 2.45) is 0 Å². The zero-order valence-corrected chi connectivity index (χ0v) is 17.1. The summed E-state index contributed by atoms with van der Waals surface area (Å²) in [6.07, 6.45) is 0. The Kier molecular flexibility index (Phi) is 7.49. The van der Waals surface area contributed by atoms with Gasteiger partial charge in [-0.2, -0.15) is 8.78 Å². The fourth-order valence-corrected chi connectivity index (χ4v) is 3.10. The lowest BCUT2D eigenvalue weighted by molar-refractivity contribution is -0.113. The van der Waals surface area contributed by atoms with Crippen LogP contribution in [0.3, 0.4) is 0 Å². The fraction of sp³-hybridized carbons (Fsp3) is 0.211. The Balaban J connectivity index is 1.54. The van der Waals surface area contributed by atoms with Crippen molar-refractivity contribution in [2.75, 3.05) is 24.0 Å². The normalized spacial score (nSPS) is 10.7. The highest BCUT2D eigenvalue weighted by Crippen LogP contribution is 2.26. The van der Waals surface area contributed by atoms with E-state index < -0.39 is 12.5 Å². The van der Waals surface area contributed by atoms with Crippen LogP contribution in [0.15, 0.2) is 53.7 Å². The molecular weight excluding hydrogens is 432 g/mol. The van der Waals surface area contributed by atoms with Gasteiger partial charge in [0.1, 0.15) is 23.9 Å². The molecule has 164 valence electrons. The molecule has 1 aromatic heterocycles. The molecule has 3 N–H and O–H groups in total. The minimum Gasteiger partial charge on any atom is -0.497 e. The number of benzene rings is 2. The number of hydrogen-bond acceptors (Lipinski definition) is 8. The number of nitrogen functional groups attached to an aromatic ring is 1. The van der Waals surface area contributed by atoms with Crippen molar-refractivity contribution in [1.82, 2.24) is 14.9 Å². The number of aromatic nitrogens is 3. The second-order valence-corrected chi connectivity index (χ2v) is 6.89. The molecule has 0 spiro atoms. The van der Waals surface area contributed by atoms with E-state index in [1.165, 1.54) is 22.9 Å². The minimum atomic E-state index is -3.00. The van der Waals surface area contributed by atoms with Gasteiger partial charge in [-0.15, -0.1) is 10.2 Å². The van der Waals surface area contributed by atoms with Crippen molar-refractivity contribution in [3.63, 3.8) is 0 Å². The van der Waals surface area contributed by atoms with Gasteiger partial charge in [-0.1, -0.05) is 30.0 Å². The third-order valence-corrected chi connectivity index (χ3v) is 4.80. The highest BCUT2D eigenvalue weighted by molar-refractivity contribution is 7.99. The standard InChI is InChI=1S/C19H19F2N5O4S/c1-28-12-5-4-6-13(9-12)29-10-16-24-25-19(26(16)22)31-11-17(27)23-14-7-2-3-8-15(14)30-18(20)21/h2-9,18H,10-11,22H2,1H3,(H,23,27). The van der Waals surface area contributed by atoms with E-state index in [9.17, 15) is 13.6 Å². The first-order chi connectivity index (χ1) is 15.0. The van der Waals surface area contributed by atoms with Crippen LogP contribution in [0.25, 0.3) is 0 Å². The number of nitrogens with one attached hydrogen (secondary N) is 1. The summed E-state index contributed by atoms with van der Waals surface area (Å²) < 4.78 is 41.3. The van der Waals surface area contributed by atoms with Gasteiger partial charge in [-0.3, -0.25) is 4.79 Å². The quantitative estimate of drug-likeness (QED) is 0.357. The number of para-hydroxylation sites is 2. The summed E-state index contributed by atoms with van der Waals surface area (Å²) >= 11 is 1.03. The smallest absolute Gasteiger partial charge is 0.387 e. The van der Waals surface area contributed by atoms with Crippen LogP contribution in [-0.2, 0) is 11.4 Å². The Morgan fingerprint density at radius 1 is 1.19 bits per heavy atom. The summed E-state index contributed by atoms with van der Waals surface area (Å²) in [5.74, 6) is 6.88. The summed E-state index contributed by atoms with van der Waals surface area (Å²) in [5, 5.41) is 10.7. The molecule has 0 aliphatic carbocycles. The number of ether oxygens (including phenoxy) is 3. The van der Waals surface area contributed by atoms with Gasteiger partial charge in [-0.05, 0) is 24.3 Å². The molecule has 31 heavy (non-hydrogen) atoms. The van der Waals surface area contributed by atoms with Crippen LogP contribution in [-0.4, -0.2) is 40.3 Å². The summed E-state index contributed by atoms with van der Waals surface area (Å²) in [6, 6.07) is 12.9. The zero-order valence-electron chi connectivity index (χ0n) is 16.3. The van der Waals surface area contributed by atoms with Crippen LogP contribution in [0.5, 0.6) is 17.2 Å². The highest BCUT2D eigenvalue weighted by Gasteiger charge is 2.15. The van der Waals surface area contributed by atoms with Crippen LogP contribution in [0, 0.1) is 0 Å². The predicted molar refractivity (Wildman–Crippen MR) is 110 cm³/mol. The zero-order chi connectivity index (χ0) is 22.2. The molecule has 0 radical (unpaired) electrons. The van der Waals surface area contributed by atoms with Crippen molar-refractivity contribution < 1.29 is 27.8 Å². The summed E-state index contributed by atoms with van der Waals surface area (Å²) in [5.41, 5.74) is 0.134. The van der Waals surface area contributed by atoms with Crippen molar-refractivity contribution in [3.05, 3.63) is 54.4 Å². The molecule has 1 amide bonds. The van der Waals surface area contributed by atoms with E-state index in [1.807, 2.05) is 0 Å². The van der Waals surface area contributed by atoms with E-state index in [1.54, 1.807) is 37.4 Å². The van der Waals surface area contributed by atoms with Crippen molar-refractivity contribution in [3.8, 4) is 17.2 Å². The number of nitrogens with two attached hydrogens (primary N) is 1. The predicted octanol–water partition coefficient (Wildman–Crippen LogP) is 2.91. The molecule has 0 fully saturated rings. The fourth-order valence-electron chi connectivity index (χ4n) is 2.43. The maximum Gasteiger partial charge on any atom is 0.387 e. The number of thioether (sulfide) groups is 1. The van der Waals surface area contributed by atoms with Gasteiger partial charge in [0.2, 0.25) is 11.1 Å². The second kappa shape index (κ2) is 10.5. The summed E-state index contributed by atoms with van der Waals surface area (Å²) in [6.45, 7) is -2.94. The number of hydrogen-bond donors (Lipinski definition) is 2. The molecule has 1 heterocycles. The molecule has 12 heteroatoms. The van der Waals surface area contributed by atoms with Crippen LogP contribution in [0.4, 0.5) is 14.5 Å². The van der Waals surface area contributed by atoms with E-state index in [0.29, 0.717) is 17.3 Å². The lowest BCUT2D eigenvalue weighted by Gasteiger charge is -2.11. The molecule has 2 aromatic carbocycles. The van der Waals surface area contributed by atoms with Gasteiger partial charge in [-0.25, -0.2) is 4.68 Å². The van der Waals surface area contributed by atoms with Gasteiger partial charge in [0.25, 0.3) is 0 Å². The van der Waals surface area contributed by atoms with Crippen LogP contribution >= 0.6 is 11.8 Å². The van der Waals surface area contributed by atoms with Crippen molar-refractivity contribution in [1.29, 1.82) is 0 Å². The number of methoxy groups -OCH3 is 1. The molecule has 0 unspecified atom stereocenters. The molecular formula is C19H19F2N5O4S. The number of amides is 1. The van der Waals surface area contributed by atoms with Crippen LogP contribution in [0.1, 0.15) is 5.82 Å². The Morgan fingerprint density at radius 2 is 1.97 bits per heavy atom. The van der Waals surface area contributed by atoms with Gasteiger partial charge in [0.15, 0.2) is 5.82 Å². The Morgan fingerprint density at radius 3 is 2.74 bits per heavy atom. The van der Waals surface area contributed by atoms with Gasteiger partial charge >= 0.3 is 6.61 Å². The molecule has 3 rings (SSSR count). The lowest BCUT2D eigenvalue weighted by Crippen LogP contribution is -2.18. The topological polar surface area (TPSA) is 114 Å². The molecule has 3 aromatic rings. The third kappa shape index (κ3) is 6.22. The monoisotopic (exact) mass is 451 g/mol. The molecule has 0 saturated carbocycles. The van der Waals surface area contributed by atoms with Crippen LogP contribution in [0.2, 0.25) is 0 Å². The Bertz CT molecular complexity index is 1030. The first kappa shape index (κ1) is 22.2. The Labute approximate surface area is 180 Å². The van der Waals surface area contributed by atoms with E-state index in [4.69, 9.17) is 15.3 Å². The molecule has 9 nitrogen and oxygen atoms in total.